The Kier molecular flexibility index (Phi) is 2.62. The molecule has 2 rings (SSSR count). The smallest absolute Gasteiger partial charge is 0.341 e. The fourth-order valence-electron chi connectivity index (χ4n) is 1.65. The molecule has 0 radical (unpaired) electrons. The zero-order chi connectivity index (χ0) is 10.9. The molecule has 82 valence electrons. The first-order valence-corrected chi connectivity index (χ1v) is 5.38. The molecule has 1 N–H and O–H groups in total. The molecular formula is C9H11NO4S. The fourth-order valence-corrected chi connectivity index (χ4v) is 2.54. The van der Waals surface area contributed by atoms with E-state index in [2.05, 4.69) is 4.98 Å². The fraction of sp³-hybridized carbons (Fsp3) is 0.556. The predicted octanol–water partition coefficient (Wildman–Crippen LogP) is 1.24. The van der Waals surface area contributed by atoms with Crippen LogP contribution < -0.4 is 4.74 Å². The highest BCUT2D eigenvalue weighted by Crippen LogP contribution is 2.40. The predicted molar refractivity (Wildman–Crippen MR) is 53.2 cm³/mol. The van der Waals surface area contributed by atoms with Crippen LogP contribution in [-0.2, 0) is 15.1 Å². The van der Waals surface area contributed by atoms with Crippen LogP contribution >= 0.6 is 11.3 Å². The number of nitrogens with zero attached hydrogens (tertiary/aromatic N) is 1. The van der Waals surface area contributed by atoms with Crippen molar-refractivity contribution in [3.8, 4) is 5.19 Å². The molecule has 0 amide bonds. The van der Waals surface area contributed by atoms with Crippen LogP contribution in [0, 0.1) is 0 Å². The van der Waals surface area contributed by atoms with Crippen LogP contribution in [-0.4, -0.2) is 29.8 Å². The molecule has 1 unspecified atom stereocenters. The van der Waals surface area contributed by atoms with Gasteiger partial charge in [-0.15, -0.1) is 0 Å². The number of aliphatic carboxylic acids is 1. The molecule has 2 heterocycles. The number of thiazole rings is 1. The van der Waals surface area contributed by atoms with Gasteiger partial charge in [-0.3, -0.25) is 0 Å². The number of carboxylic acid groups (broad SMARTS) is 1. The van der Waals surface area contributed by atoms with E-state index in [1.165, 1.54) is 24.6 Å². The molecule has 1 aromatic rings. The number of rotatable bonds is 3. The monoisotopic (exact) mass is 229 g/mol. The lowest BCUT2D eigenvalue weighted by atomic mass is 9.99. The summed E-state index contributed by atoms with van der Waals surface area (Å²) in [5.41, 5.74) is -1.20. The molecule has 0 bridgehead atoms. The van der Waals surface area contributed by atoms with Crippen molar-refractivity contribution in [3.63, 3.8) is 0 Å². The number of ether oxygens (including phenoxy) is 2. The second-order valence-electron chi connectivity index (χ2n) is 3.28. The van der Waals surface area contributed by atoms with Crippen molar-refractivity contribution < 1.29 is 19.4 Å². The maximum absolute atomic E-state index is 11.2. The van der Waals surface area contributed by atoms with Gasteiger partial charge >= 0.3 is 5.97 Å². The van der Waals surface area contributed by atoms with E-state index in [-0.39, 0.29) is 0 Å². The van der Waals surface area contributed by atoms with Gasteiger partial charge in [-0.2, -0.15) is 0 Å². The van der Waals surface area contributed by atoms with Crippen LogP contribution in [0.15, 0.2) is 6.20 Å². The Morgan fingerprint density at radius 2 is 2.60 bits per heavy atom. The lowest BCUT2D eigenvalue weighted by Crippen LogP contribution is -2.33. The topological polar surface area (TPSA) is 68.7 Å². The summed E-state index contributed by atoms with van der Waals surface area (Å²) in [7, 11) is 1.51. The largest absolute Gasteiger partial charge is 0.479 e. The lowest BCUT2D eigenvalue weighted by molar-refractivity contribution is -0.160. The van der Waals surface area contributed by atoms with E-state index >= 15 is 0 Å². The standard InChI is InChI=1S/C9H11NO4S/c1-13-8-10-5-6(15-8)9(7(11)12)3-2-4-14-9/h5H,2-4H2,1H3,(H,11,12). The van der Waals surface area contributed by atoms with Crippen LogP contribution in [0.4, 0.5) is 0 Å². The van der Waals surface area contributed by atoms with Crippen molar-refractivity contribution in [2.24, 2.45) is 0 Å². The van der Waals surface area contributed by atoms with Gasteiger partial charge in [0.2, 0.25) is 5.60 Å². The Balaban J connectivity index is 2.36. The average molecular weight is 229 g/mol. The number of hydrogen-bond donors (Lipinski definition) is 1. The highest BCUT2D eigenvalue weighted by atomic mass is 32.1. The highest BCUT2D eigenvalue weighted by Gasteiger charge is 2.46. The van der Waals surface area contributed by atoms with E-state index in [1.807, 2.05) is 0 Å². The van der Waals surface area contributed by atoms with Crippen LogP contribution in [0.5, 0.6) is 5.19 Å². The molecule has 1 aromatic heterocycles. The molecule has 15 heavy (non-hydrogen) atoms. The molecule has 0 saturated carbocycles. The van der Waals surface area contributed by atoms with Crippen molar-refractivity contribution in [2.75, 3.05) is 13.7 Å². The molecule has 0 spiro atoms. The Hall–Kier alpha value is -1.14. The zero-order valence-corrected chi connectivity index (χ0v) is 9.04. The molecule has 1 fully saturated rings. The quantitative estimate of drug-likeness (QED) is 0.844. The molecule has 6 heteroatoms. The van der Waals surface area contributed by atoms with E-state index in [4.69, 9.17) is 9.47 Å². The van der Waals surface area contributed by atoms with Crippen molar-refractivity contribution in [2.45, 2.75) is 18.4 Å². The van der Waals surface area contributed by atoms with E-state index < -0.39 is 11.6 Å². The molecular weight excluding hydrogens is 218 g/mol. The van der Waals surface area contributed by atoms with Crippen molar-refractivity contribution in [1.29, 1.82) is 0 Å². The Labute approximate surface area is 90.7 Å². The van der Waals surface area contributed by atoms with E-state index in [0.717, 1.165) is 6.42 Å². The van der Waals surface area contributed by atoms with Gasteiger partial charge < -0.3 is 14.6 Å². The third-order valence-electron chi connectivity index (χ3n) is 2.42. The summed E-state index contributed by atoms with van der Waals surface area (Å²) in [6.45, 7) is 0.479. The first-order chi connectivity index (χ1) is 7.19. The second-order valence-corrected chi connectivity index (χ2v) is 4.27. The SMILES string of the molecule is COc1ncc(C2(C(=O)O)CCCO2)s1. The van der Waals surface area contributed by atoms with Gasteiger partial charge in [-0.25, -0.2) is 9.78 Å². The molecule has 5 nitrogen and oxygen atoms in total. The normalized spacial score (nSPS) is 25.4. The molecule has 0 aromatic carbocycles. The molecule has 1 atom stereocenters. The second kappa shape index (κ2) is 3.79. The summed E-state index contributed by atoms with van der Waals surface area (Å²) in [6, 6.07) is 0. The third kappa shape index (κ3) is 1.59. The first-order valence-electron chi connectivity index (χ1n) is 4.57. The summed E-state index contributed by atoms with van der Waals surface area (Å²) < 4.78 is 10.3. The summed E-state index contributed by atoms with van der Waals surface area (Å²) in [5.74, 6) is -0.952. The molecule has 0 aliphatic carbocycles. The minimum Gasteiger partial charge on any atom is -0.479 e. The molecule has 1 aliphatic rings. The van der Waals surface area contributed by atoms with Gasteiger partial charge in [0.05, 0.1) is 12.0 Å². The summed E-state index contributed by atoms with van der Waals surface area (Å²) in [6.07, 6.45) is 2.77. The number of carbonyl (C=O) groups is 1. The maximum Gasteiger partial charge on any atom is 0.341 e. The van der Waals surface area contributed by atoms with Crippen LogP contribution in [0.1, 0.15) is 17.7 Å². The Morgan fingerprint density at radius 1 is 1.80 bits per heavy atom. The van der Waals surface area contributed by atoms with E-state index in [0.29, 0.717) is 23.1 Å². The number of methoxy groups -OCH3 is 1. The van der Waals surface area contributed by atoms with Crippen molar-refractivity contribution >= 4 is 17.3 Å². The van der Waals surface area contributed by atoms with Gasteiger partial charge in [-0.1, -0.05) is 11.3 Å². The summed E-state index contributed by atoms with van der Waals surface area (Å²) in [5, 5.41) is 9.67. The van der Waals surface area contributed by atoms with Crippen LogP contribution in [0.3, 0.4) is 0 Å². The van der Waals surface area contributed by atoms with E-state index in [9.17, 15) is 9.90 Å². The van der Waals surface area contributed by atoms with Crippen LogP contribution in [0.2, 0.25) is 0 Å². The first kappa shape index (κ1) is 10.4. The molecule has 1 aliphatic heterocycles. The number of hydrogen-bond acceptors (Lipinski definition) is 5. The number of carboxylic acids is 1. The minimum absolute atomic E-state index is 0.459. The van der Waals surface area contributed by atoms with Gasteiger partial charge in [0.25, 0.3) is 5.19 Å². The van der Waals surface area contributed by atoms with Gasteiger partial charge in [0.15, 0.2) is 0 Å². The Bertz CT molecular complexity index is 370. The lowest BCUT2D eigenvalue weighted by Gasteiger charge is -2.20. The van der Waals surface area contributed by atoms with Gasteiger partial charge in [0, 0.05) is 12.8 Å². The highest BCUT2D eigenvalue weighted by molar-refractivity contribution is 7.13. The summed E-state index contributed by atoms with van der Waals surface area (Å²) >= 11 is 1.22. The third-order valence-corrected chi connectivity index (χ3v) is 3.53. The average Bonchev–Trinajstić information content (AvgIpc) is 2.87. The van der Waals surface area contributed by atoms with Crippen molar-refractivity contribution in [1.82, 2.24) is 4.98 Å². The minimum atomic E-state index is -1.20. The van der Waals surface area contributed by atoms with E-state index in [1.54, 1.807) is 0 Å². The van der Waals surface area contributed by atoms with Crippen molar-refractivity contribution in [3.05, 3.63) is 11.1 Å². The molecule has 1 saturated heterocycles. The number of aromatic nitrogens is 1. The zero-order valence-electron chi connectivity index (χ0n) is 8.23. The Morgan fingerprint density at radius 3 is 3.07 bits per heavy atom. The summed E-state index contributed by atoms with van der Waals surface area (Å²) in [4.78, 5) is 15.8. The van der Waals surface area contributed by atoms with Gasteiger partial charge in [-0.05, 0) is 12.8 Å². The van der Waals surface area contributed by atoms with Gasteiger partial charge in [0.1, 0.15) is 0 Å². The maximum atomic E-state index is 11.2. The van der Waals surface area contributed by atoms with Crippen LogP contribution in [0.25, 0.3) is 0 Å².